The Hall–Kier alpha value is -2.76. The molecule has 0 radical (unpaired) electrons. The van der Waals surface area contributed by atoms with Crippen molar-refractivity contribution in [3.63, 3.8) is 0 Å². The van der Waals surface area contributed by atoms with Crippen molar-refractivity contribution in [3.05, 3.63) is 92.8 Å². The molecule has 1 aromatic heterocycles. The number of hydrogen-bond acceptors (Lipinski definition) is 4. The number of aryl methyl sites for hydroxylation is 2. The molecule has 0 aliphatic heterocycles. The van der Waals surface area contributed by atoms with Gasteiger partial charge in [-0.25, -0.2) is 0 Å². The highest BCUT2D eigenvalue weighted by Gasteiger charge is 2.09. The van der Waals surface area contributed by atoms with Crippen LogP contribution in [0.2, 0.25) is 0 Å². The van der Waals surface area contributed by atoms with Crippen LogP contribution in [0.1, 0.15) is 16.0 Å². The molecule has 0 aliphatic rings. The van der Waals surface area contributed by atoms with E-state index in [1.54, 1.807) is 10.8 Å². The molecule has 0 atom stereocenters. The Morgan fingerprint density at radius 3 is 2.54 bits per heavy atom. The van der Waals surface area contributed by atoms with Gasteiger partial charge >= 0.3 is 0 Å². The molecule has 0 saturated heterocycles. The van der Waals surface area contributed by atoms with Crippen LogP contribution in [0.3, 0.4) is 0 Å². The van der Waals surface area contributed by atoms with Gasteiger partial charge < -0.3 is 5.11 Å². The second kappa shape index (κ2) is 9.97. The molecule has 1 N–H and O–H groups in total. The van der Waals surface area contributed by atoms with Crippen LogP contribution < -0.4 is 0 Å². The Morgan fingerprint density at radius 1 is 1.04 bits per heavy atom. The number of nitrogens with zero attached hydrogens (tertiary/aromatic N) is 2. The predicted molar refractivity (Wildman–Crippen MR) is 122 cm³/mol. The lowest BCUT2D eigenvalue weighted by Gasteiger charge is -2.04. The molecule has 0 unspecified atom stereocenters. The normalized spacial score (nSPS) is 11.9. The van der Waals surface area contributed by atoms with Crippen molar-refractivity contribution in [1.82, 2.24) is 4.57 Å². The van der Waals surface area contributed by atoms with Gasteiger partial charge in [-0.05, 0) is 55.4 Å². The lowest BCUT2D eigenvalue weighted by atomic mass is 10.1. The van der Waals surface area contributed by atoms with Gasteiger partial charge in [0.25, 0.3) is 0 Å². The van der Waals surface area contributed by atoms with Crippen molar-refractivity contribution < 1.29 is 5.11 Å². The summed E-state index contributed by atoms with van der Waals surface area (Å²) in [7, 11) is 0. The first kappa shape index (κ1) is 20.0. The zero-order valence-electron chi connectivity index (χ0n) is 15.7. The SMILES string of the molecule is Cc1ccc(N=C/C=C/C=C/c2sc(=S)n(CCc3ccccc3)c2O)cc1. The van der Waals surface area contributed by atoms with Gasteiger partial charge in [-0.1, -0.05) is 60.2 Å². The Kier molecular flexibility index (Phi) is 7.12. The van der Waals surface area contributed by atoms with Crippen LogP contribution in [0, 0.1) is 10.9 Å². The van der Waals surface area contributed by atoms with E-state index in [9.17, 15) is 5.11 Å². The lowest BCUT2D eigenvalue weighted by Crippen LogP contribution is -2.00. The van der Waals surface area contributed by atoms with Crippen LogP contribution in [0.5, 0.6) is 5.88 Å². The van der Waals surface area contributed by atoms with Crippen LogP contribution >= 0.6 is 23.6 Å². The Bertz CT molecular complexity index is 1040. The van der Waals surface area contributed by atoms with Gasteiger partial charge in [0.2, 0.25) is 5.88 Å². The third-order valence-corrected chi connectivity index (χ3v) is 5.58. The van der Waals surface area contributed by atoms with E-state index in [0.717, 1.165) is 17.0 Å². The van der Waals surface area contributed by atoms with E-state index in [1.165, 1.54) is 22.5 Å². The van der Waals surface area contributed by atoms with Crippen molar-refractivity contribution in [2.24, 2.45) is 4.99 Å². The fraction of sp³-hybridized carbons (Fsp3) is 0.130. The maximum atomic E-state index is 10.5. The van der Waals surface area contributed by atoms with E-state index >= 15 is 0 Å². The summed E-state index contributed by atoms with van der Waals surface area (Å²) in [4.78, 5) is 5.13. The fourth-order valence-corrected chi connectivity index (χ4v) is 3.89. The first-order valence-electron chi connectivity index (χ1n) is 9.04. The summed E-state index contributed by atoms with van der Waals surface area (Å²) in [6.45, 7) is 2.72. The topological polar surface area (TPSA) is 37.5 Å². The van der Waals surface area contributed by atoms with E-state index in [4.69, 9.17) is 12.2 Å². The summed E-state index contributed by atoms with van der Waals surface area (Å²) < 4.78 is 2.47. The van der Waals surface area contributed by atoms with Gasteiger partial charge in [-0.15, -0.1) is 11.3 Å². The van der Waals surface area contributed by atoms with Gasteiger partial charge in [-0.2, -0.15) is 0 Å². The smallest absolute Gasteiger partial charge is 0.210 e. The molecule has 28 heavy (non-hydrogen) atoms. The van der Waals surface area contributed by atoms with Crippen molar-refractivity contribution >= 4 is 41.5 Å². The number of benzene rings is 2. The largest absolute Gasteiger partial charge is 0.493 e. The average Bonchev–Trinajstić information content (AvgIpc) is 2.98. The number of aromatic hydroxyl groups is 1. The zero-order valence-corrected chi connectivity index (χ0v) is 17.3. The molecule has 5 heteroatoms. The molecule has 3 aromatic rings. The molecule has 0 bridgehead atoms. The molecular weight excluding hydrogens is 384 g/mol. The van der Waals surface area contributed by atoms with Crippen molar-refractivity contribution in [1.29, 1.82) is 0 Å². The monoisotopic (exact) mass is 406 g/mol. The predicted octanol–water partition coefficient (Wildman–Crippen LogP) is 6.51. The molecule has 0 aliphatic carbocycles. The van der Waals surface area contributed by atoms with Gasteiger partial charge in [0.1, 0.15) is 0 Å². The minimum atomic E-state index is 0.226. The first-order valence-corrected chi connectivity index (χ1v) is 10.3. The van der Waals surface area contributed by atoms with Crippen LogP contribution in [0.25, 0.3) is 6.08 Å². The highest BCUT2D eigenvalue weighted by atomic mass is 32.1. The van der Waals surface area contributed by atoms with Crippen LogP contribution in [-0.4, -0.2) is 15.9 Å². The maximum absolute atomic E-state index is 10.5. The summed E-state index contributed by atoms with van der Waals surface area (Å²) >= 11 is 6.82. The van der Waals surface area contributed by atoms with Crippen molar-refractivity contribution in [3.8, 4) is 5.88 Å². The summed E-state index contributed by atoms with van der Waals surface area (Å²) in [5, 5.41) is 10.5. The summed E-state index contributed by atoms with van der Waals surface area (Å²) in [5.74, 6) is 0.226. The molecule has 3 nitrogen and oxygen atoms in total. The second-order valence-corrected chi connectivity index (χ2v) is 7.98. The highest BCUT2D eigenvalue weighted by molar-refractivity contribution is 7.73. The zero-order chi connectivity index (χ0) is 19.8. The molecule has 0 saturated carbocycles. The third kappa shape index (κ3) is 5.62. The number of aromatic nitrogens is 1. The summed E-state index contributed by atoms with van der Waals surface area (Å²) in [6.07, 6.45) is 10.1. The Balaban J connectivity index is 1.59. The second-order valence-electron chi connectivity index (χ2n) is 6.30. The van der Waals surface area contributed by atoms with E-state index in [-0.39, 0.29) is 5.88 Å². The van der Waals surface area contributed by atoms with E-state index in [1.807, 2.05) is 66.8 Å². The number of hydrogen-bond donors (Lipinski definition) is 1. The van der Waals surface area contributed by atoms with Crippen LogP contribution in [0.15, 0.2) is 77.8 Å². The van der Waals surface area contributed by atoms with E-state index in [0.29, 0.717) is 10.5 Å². The van der Waals surface area contributed by atoms with Gasteiger partial charge in [0.15, 0.2) is 3.95 Å². The quantitative estimate of drug-likeness (QED) is 0.276. The van der Waals surface area contributed by atoms with Gasteiger partial charge in [-0.3, -0.25) is 9.56 Å². The number of rotatable bonds is 7. The number of thiazole rings is 1. The van der Waals surface area contributed by atoms with Gasteiger partial charge in [0, 0.05) is 12.8 Å². The van der Waals surface area contributed by atoms with Crippen molar-refractivity contribution in [2.45, 2.75) is 19.9 Å². The summed E-state index contributed by atoms with van der Waals surface area (Å²) in [5.41, 5.74) is 3.36. The highest BCUT2D eigenvalue weighted by Crippen LogP contribution is 2.27. The minimum Gasteiger partial charge on any atom is -0.493 e. The molecule has 1 heterocycles. The number of allylic oxidation sites excluding steroid dienone is 3. The molecule has 142 valence electrons. The molecule has 0 fully saturated rings. The van der Waals surface area contributed by atoms with E-state index < -0.39 is 0 Å². The third-order valence-electron chi connectivity index (χ3n) is 4.17. The van der Waals surface area contributed by atoms with Crippen LogP contribution in [0.4, 0.5) is 5.69 Å². The Labute approximate surface area is 174 Å². The van der Waals surface area contributed by atoms with E-state index in [2.05, 4.69) is 24.0 Å². The standard InChI is InChI=1S/C23H22N2OS2/c1-18-11-13-20(14-12-18)24-16-7-3-6-10-21-22(26)25(23(27)28-21)17-15-19-8-4-2-5-9-19/h2-14,16,26H,15,17H2,1H3/b7-3+,10-6+,24-16?. The fourth-order valence-electron chi connectivity index (χ4n) is 2.62. The minimum absolute atomic E-state index is 0.226. The number of aliphatic imine (C=N–C) groups is 1. The maximum Gasteiger partial charge on any atom is 0.210 e. The molecule has 2 aromatic carbocycles. The van der Waals surface area contributed by atoms with Crippen molar-refractivity contribution in [2.75, 3.05) is 0 Å². The van der Waals surface area contributed by atoms with Crippen LogP contribution in [-0.2, 0) is 13.0 Å². The van der Waals surface area contributed by atoms with Gasteiger partial charge in [0.05, 0.1) is 10.6 Å². The summed E-state index contributed by atoms with van der Waals surface area (Å²) in [6, 6.07) is 18.2. The molecule has 0 amide bonds. The first-order chi connectivity index (χ1) is 13.6. The Morgan fingerprint density at radius 2 is 1.79 bits per heavy atom. The molecule has 0 spiro atoms. The molecule has 3 rings (SSSR count). The molecular formula is C23H22N2OS2. The lowest BCUT2D eigenvalue weighted by molar-refractivity contribution is 0.414. The average molecular weight is 407 g/mol.